The first-order valence-electron chi connectivity index (χ1n) is 4.16. The van der Waals surface area contributed by atoms with Crippen molar-refractivity contribution in [2.75, 3.05) is 0 Å². The van der Waals surface area contributed by atoms with Crippen molar-refractivity contribution < 1.29 is 26.1 Å². The summed E-state index contributed by atoms with van der Waals surface area (Å²) in [7, 11) is -4.68. The van der Waals surface area contributed by atoms with E-state index in [1.165, 1.54) is 10.8 Å². The average molecular weight is 290 g/mol. The number of alkyl halides is 4. The Morgan fingerprint density at radius 3 is 2.29 bits per heavy atom. The molecule has 2 N–H and O–H groups in total. The van der Waals surface area contributed by atoms with E-state index in [2.05, 4.69) is 0 Å². The summed E-state index contributed by atoms with van der Waals surface area (Å²) in [4.78, 5) is 0. The van der Waals surface area contributed by atoms with Gasteiger partial charge >= 0.3 is 16.5 Å². The van der Waals surface area contributed by atoms with Crippen molar-refractivity contribution >= 4 is 21.9 Å². The molecule has 1 unspecified atom stereocenters. The molecular weight excluding hydrogens is 283 g/mol. The second-order valence-electron chi connectivity index (χ2n) is 3.04. The fourth-order valence-electron chi connectivity index (χ4n) is 1.17. The zero-order valence-electron chi connectivity index (χ0n) is 8.07. The molecule has 96 valence electrons. The second-order valence-corrected chi connectivity index (χ2v) is 4.66. The molecule has 0 spiro atoms. The minimum absolute atomic E-state index is 0.487. The third-order valence-electron chi connectivity index (χ3n) is 1.79. The normalized spacial score (nSPS) is 14.6. The Labute approximate surface area is 100 Å². The first kappa shape index (κ1) is 14.2. The molecule has 1 rings (SSSR count). The topological polar surface area (TPSA) is 66.4 Å². The maximum absolute atomic E-state index is 12.5. The summed E-state index contributed by atoms with van der Waals surface area (Å²) in [5.41, 5.74) is -3.27. The number of benzene rings is 1. The van der Waals surface area contributed by atoms with Crippen LogP contribution in [0.4, 0.5) is 13.2 Å². The smallest absolute Gasteiger partial charge is 0.273 e. The summed E-state index contributed by atoms with van der Waals surface area (Å²) >= 11 is 5.45. The Morgan fingerprint density at radius 1 is 1.29 bits per heavy atom. The highest BCUT2D eigenvalue weighted by molar-refractivity contribution is 7.83. The van der Waals surface area contributed by atoms with E-state index in [1.54, 1.807) is 0 Å². The van der Waals surface area contributed by atoms with Crippen LogP contribution < -0.4 is 4.72 Å². The number of nitrogens with one attached hydrogen (secondary N) is 1. The van der Waals surface area contributed by atoms with Crippen LogP contribution in [0, 0.1) is 0 Å². The van der Waals surface area contributed by atoms with E-state index in [-0.39, 0.29) is 0 Å². The quantitative estimate of drug-likeness (QED) is 0.510. The Morgan fingerprint density at radius 2 is 1.82 bits per heavy atom. The molecule has 0 saturated heterocycles. The first-order valence-corrected chi connectivity index (χ1v) is 6.04. The van der Waals surface area contributed by atoms with E-state index in [4.69, 9.17) is 16.2 Å². The van der Waals surface area contributed by atoms with Crippen LogP contribution in [-0.2, 0) is 16.5 Å². The predicted molar refractivity (Wildman–Crippen MR) is 54.7 cm³/mol. The van der Waals surface area contributed by atoms with E-state index in [9.17, 15) is 21.6 Å². The zero-order chi connectivity index (χ0) is 13.3. The van der Waals surface area contributed by atoms with Crippen molar-refractivity contribution in [1.82, 2.24) is 4.72 Å². The van der Waals surface area contributed by atoms with Gasteiger partial charge in [-0.05, 0) is 11.6 Å². The lowest BCUT2D eigenvalue weighted by Gasteiger charge is -2.16. The summed E-state index contributed by atoms with van der Waals surface area (Å²) in [6.07, 6.45) is -4.66. The van der Waals surface area contributed by atoms with Gasteiger partial charge in [0.05, 0.1) is 5.56 Å². The summed E-state index contributed by atoms with van der Waals surface area (Å²) in [6, 6.07) is 4.18. The fourth-order valence-corrected chi connectivity index (χ4v) is 2.09. The third kappa shape index (κ3) is 4.15. The summed E-state index contributed by atoms with van der Waals surface area (Å²) in [6.45, 7) is 0. The molecular formula is C8H7ClF3NO3S. The van der Waals surface area contributed by atoms with Gasteiger partial charge in [0, 0.05) is 0 Å². The molecule has 0 saturated carbocycles. The first-order chi connectivity index (χ1) is 7.61. The van der Waals surface area contributed by atoms with E-state index in [1.807, 2.05) is 0 Å². The van der Waals surface area contributed by atoms with E-state index < -0.39 is 33.1 Å². The fraction of sp³-hybridized carbons (Fsp3) is 0.250. The van der Waals surface area contributed by atoms with Crippen LogP contribution in [0.1, 0.15) is 16.6 Å². The van der Waals surface area contributed by atoms with Crippen LogP contribution in [0.5, 0.6) is 0 Å². The van der Waals surface area contributed by atoms with Gasteiger partial charge in [-0.25, -0.2) is 0 Å². The molecule has 0 aliphatic heterocycles. The van der Waals surface area contributed by atoms with Gasteiger partial charge in [0.15, 0.2) is 0 Å². The van der Waals surface area contributed by atoms with Crippen LogP contribution in [-0.4, -0.2) is 13.0 Å². The molecule has 0 bridgehead atoms. The van der Waals surface area contributed by atoms with Crippen LogP contribution in [0.25, 0.3) is 0 Å². The molecule has 1 aromatic carbocycles. The molecule has 0 radical (unpaired) electrons. The van der Waals surface area contributed by atoms with Crippen molar-refractivity contribution in [2.24, 2.45) is 0 Å². The molecule has 17 heavy (non-hydrogen) atoms. The molecule has 4 nitrogen and oxygen atoms in total. The van der Waals surface area contributed by atoms with Gasteiger partial charge in [0.1, 0.15) is 5.50 Å². The number of hydrogen-bond acceptors (Lipinski definition) is 2. The van der Waals surface area contributed by atoms with Crippen molar-refractivity contribution in [1.29, 1.82) is 0 Å². The maximum Gasteiger partial charge on any atom is 0.416 e. The zero-order valence-corrected chi connectivity index (χ0v) is 9.64. The van der Waals surface area contributed by atoms with Gasteiger partial charge in [-0.3, -0.25) is 4.55 Å². The summed E-state index contributed by atoms with van der Waals surface area (Å²) < 4.78 is 68.4. The second kappa shape index (κ2) is 4.81. The SMILES string of the molecule is O=S(=O)(O)NC(Cl)c1ccccc1C(F)(F)F. The van der Waals surface area contributed by atoms with E-state index in [0.29, 0.717) is 0 Å². The predicted octanol–water partition coefficient (Wildman–Crippen LogP) is 2.34. The van der Waals surface area contributed by atoms with Gasteiger partial charge in [-0.15, -0.1) is 0 Å². The monoisotopic (exact) mass is 289 g/mol. The number of rotatable bonds is 3. The standard InChI is InChI=1S/C8H7ClF3NO3S/c9-7(13-17(14,15)16)5-3-1-2-4-6(5)8(10,11)12/h1-4,7,13H,(H,14,15,16). The highest BCUT2D eigenvalue weighted by Crippen LogP contribution is 2.35. The molecule has 0 amide bonds. The highest BCUT2D eigenvalue weighted by atomic mass is 35.5. The molecule has 1 atom stereocenters. The van der Waals surface area contributed by atoms with Crippen molar-refractivity contribution in [3.8, 4) is 0 Å². The van der Waals surface area contributed by atoms with Crippen LogP contribution >= 0.6 is 11.6 Å². The molecule has 1 aromatic rings. The lowest BCUT2D eigenvalue weighted by molar-refractivity contribution is -0.138. The Hall–Kier alpha value is -0.830. The van der Waals surface area contributed by atoms with Crippen molar-refractivity contribution in [3.63, 3.8) is 0 Å². The number of hydrogen-bond donors (Lipinski definition) is 2. The molecule has 0 aliphatic rings. The number of halogens is 4. The van der Waals surface area contributed by atoms with Gasteiger partial charge in [-0.1, -0.05) is 29.8 Å². The van der Waals surface area contributed by atoms with Crippen LogP contribution in [0.3, 0.4) is 0 Å². The molecule has 0 fully saturated rings. The lowest BCUT2D eigenvalue weighted by Crippen LogP contribution is -2.26. The van der Waals surface area contributed by atoms with Crippen molar-refractivity contribution in [3.05, 3.63) is 35.4 Å². The van der Waals surface area contributed by atoms with Gasteiger partial charge < -0.3 is 0 Å². The average Bonchev–Trinajstić information content (AvgIpc) is 2.13. The molecule has 0 aromatic heterocycles. The molecule has 0 aliphatic carbocycles. The Kier molecular flexibility index (Phi) is 4.03. The van der Waals surface area contributed by atoms with E-state index in [0.717, 1.165) is 18.2 Å². The third-order valence-corrected chi connectivity index (χ3v) is 2.80. The van der Waals surface area contributed by atoms with Gasteiger partial charge in [0.25, 0.3) is 0 Å². The van der Waals surface area contributed by atoms with Crippen molar-refractivity contribution in [2.45, 2.75) is 11.7 Å². The Balaban J connectivity index is 3.14. The highest BCUT2D eigenvalue weighted by Gasteiger charge is 2.35. The maximum atomic E-state index is 12.5. The minimum atomic E-state index is -4.68. The Bertz CT molecular complexity index is 503. The summed E-state index contributed by atoms with van der Waals surface area (Å²) in [5, 5.41) is 0. The molecule has 0 heterocycles. The van der Waals surface area contributed by atoms with E-state index >= 15 is 0 Å². The molecule has 9 heteroatoms. The minimum Gasteiger partial charge on any atom is -0.273 e. The van der Waals surface area contributed by atoms with Crippen LogP contribution in [0.15, 0.2) is 24.3 Å². The summed E-state index contributed by atoms with van der Waals surface area (Å²) in [5.74, 6) is 0. The van der Waals surface area contributed by atoms with Gasteiger partial charge in [0.2, 0.25) is 0 Å². The van der Waals surface area contributed by atoms with Crippen LogP contribution in [0.2, 0.25) is 0 Å². The largest absolute Gasteiger partial charge is 0.416 e. The van der Waals surface area contributed by atoms with Gasteiger partial charge in [-0.2, -0.15) is 26.3 Å². The lowest BCUT2D eigenvalue weighted by atomic mass is 10.1.